The van der Waals surface area contributed by atoms with Crippen LogP contribution < -0.4 is 5.73 Å². The molecule has 112 valence electrons. The lowest BCUT2D eigenvalue weighted by Crippen LogP contribution is -2.40. The minimum atomic E-state index is 0.156. The highest BCUT2D eigenvalue weighted by Crippen LogP contribution is 2.26. The molecule has 1 unspecified atom stereocenters. The van der Waals surface area contributed by atoms with Crippen LogP contribution in [0.15, 0.2) is 22.8 Å². The van der Waals surface area contributed by atoms with Crippen molar-refractivity contribution in [3.63, 3.8) is 0 Å². The lowest BCUT2D eigenvalue weighted by atomic mass is 10.0. The minimum Gasteiger partial charge on any atom is -0.464 e. The first-order chi connectivity index (χ1) is 10.1. The number of hydrogen-bond donors (Lipinski definition) is 1. The molecule has 2 N–H and O–H groups in total. The van der Waals surface area contributed by atoms with E-state index in [1.54, 1.807) is 6.26 Å². The van der Waals surface area contributed by atoms with E-state index in [2.05, 4.69) is 19.9 Å². The van der Waals surface area contributed by atoms with Gasteiger partial charge in [-0.25, -0.2) is 0 Å². The molecule has 1 aliphatic rings. The summed E-state index contributed by atoms with van der Waals surface area (Å²) in [4.78, 5) is 14.4. The molecule has 4 nitrogen and oxygen atoms in total. The SMILES string of the molecule is Cc1cc2occ(CC(=O)N3CCCC3CN)c2cc1C. The van der Waals surface area contributed by atoms with Crippen molar-refractivity contribution in [1.29, 1.82) is 0 Å². The Balaban J connectivity index is 1.85. The molecule has 1 atom stereocenters. The average molecular weight is 286 g/mol. The molecule has 1 aromatic heterocycles. The molecule has 1 aromatic carbocycles. The molecule has 2 heterocycles. The highest BCUT2D eigenvalue weighted by Gasteiger charge is 2.28. The Morgan fingerprint density at radius 1 is 1.38 bits per heavy atom. The van der Waals surface area contributed by atoms with E-state index < -0.39 is 0 Å². The van der Waals surface area contributed by atoms with Crippen LogP contribution in [0.4, 0.5) is 0 Å². The Bertz CT molecular complexity index is 675. The van der Waals surface area contributed by atoms with Gasteiger partial charge in [-0.1, -0.05) is 0 Å². The average Bonchev–Trinajstić information content (AvgIpc) is 3.07. The number of carbonyl (C=O) groups is 1. The number of nitrogens with zero attached hydrogens (tertiary/aromatic N) is 1. The molecule has 1 aliphatic heterocycles. The Hall–Kier alpha value is -1.81. The summed E-state index contributed by atoms with van der Waals surface area (Å²) < 4.78 is 5.61. The number of likely N-dealkylation sites (tertiary alicyclic amines) is 1. The van der Waals surface area contributed by atoms with E-state index in [-0.39, 0.29) is 11.9 Å². The zero-order chi connectivity index (χ0) is 15.0. The van der Waals surface area contributed by atoms with Crippen LogP contribution in [0.3, 0.4) is 0 Å². The van der Waals surface area contributed by atoms with Crippen LogP contribution in [-0.4, -0.2) is 29.9 Å². The molecular weight excluding hydrogens is 264 g/mol. The topological polar surface area (TPSA) is 59.5 Å². The van der Waals surface area contributed by atoms with Gasteiger partial charge >= 0.3 is 0 Å². The Morgan fingerprint density at radius 3 is 2.90 bits per heavy atom. The summed E-state index contributed by atoms with van der Waals surface area (Å²) in [5, 5.41) is 1.05. The first-order valence-corrected chi connectivity index (χ1v) is 7.57. The van der Waals surface area contributed by atoms with Gasteiger partial charge < -0.3 is 15.1 Å². The third-order valence-electron chi connectivity index (χ3n) is 4.58. The quantitative estimate of drug-likeness (QED) is 0.943. The number of amides is 1. The standard InChI is InChI=1S/C17H22N2O2/c1-11-6-15-13(10-21-16(15)7-12(11)2)8-17(20)19-5-3-4-14(19)9-18/h6-7,10,14H,3-5,8-9,18H2,1-2H3. The fourth-order valence-electron chi connectivity index (χ4n) is 3.15. The van der Waals surface area contributed by atoms with Crippen LogP contribution in [-0.2, 0) is 11.2 Å². The number of nitrogens with two attached hydrogens (primary N) is 1. The summed E-state index contributed by atoms with van der Waals surface area (Å²) in [7, 11) is 0. The summed E-state index contributed by atoms with van der Waals surface area (Å²) >= 11 is 0. The predicted octanol–water partition coefficient (Wildman–Crippen LogP) is 2.54. The molecule has 0 saturated carbocycles. The Morgan fingerprint density at radius 2 is 2.14 bits per heavy atom. The summed E-state index contributed by atoms with van der Waals surface area (Å²) in [5.41, 5.74) is 10.0. The van der Waals surface area contributed by atoms with Crippen LogP contribution >= 0.6 is 0 Å². The summed E-state index contributed by atoms with van der Waals surface area (Å²) in [6.45, 7) is 5.53. The van der Waals surface area contributed by atoms with Crippen molar-refractivity contribution < 1.29 is 9.21 Å². The van der Waals surface area contributed by atoms with Crippen molar-refractivity contribution in [1.82, 2.24) is 4.90 Å². The van der Waals surface area contributed by atoms with Crippen LogP contribution in [0.2, 0.25) is 0 Å². The van der Waals surface area contributed by atoms with Crippen LogP contribution in [0.25, 0.3) is 11.0 Å². The van der Waals surface area contributed by atoms with Crippen molar-refractivity contribution >= 4 is 16.9 Å². The van der Waals surface area contributed by atoms with Crippen molar-refractivity contribution in [3.8, 4) is 0 Å². The molecule has 1 amide bonds. The largest absolute Gasteiger partial charge is 0.464 e. The molecule has 2 aromatic rings. The molecule has 3 rings (SSSR count). The smallest absolute Gasteiger partial charge is 0.227 e. The van der Waals surface area contributed by atoms with Gasteiger partial charge in [0.2, 0.25) is 5.91 Å². The predicted molar refractivity (Wildman–Crippen MR) is 83.2 cm³/mol. The molecule has 1 saturated heterocycles. The highest BCUT2D eigenvalue weighted by molar-refractivity contribution is 5.88. The van der Waals surface area contributed by atoms with Gasteiger partial charge in [0.15, 0.2) is 0 Å². The second kappa shape index (κ2) is 5.53. The maximum absolute atomic E-state index is 12.5. The Kier molecular flexibility index (Phi) is 3.72. The van der Waals surface area contributed by atoms with Gasteiger partial charge in [0.25, 0.3) is 0 Å². The fraction of sp³-hybridized carbons (Fsp3) is 0.471. The molecule has 0 spiro atoms. The first-order valence-electron chi connectivity index (χ1n) is 7.57. The molecule has 1 fully saturated rings. The second-order valence-corrected chi connectivity index (χ2v) is 5.99. The third kappa shape index (κ3) is 2.56. The van der Waals surface area contributed by atoms with Crippen LogP contribution in [0.5, 0.6) is 0 Å². The number of benzene rings is 1. The maximum atomic E-state index is 12.5. The van der Waals surface area contributed by atoms with Gasteiger partial charge in [-0.15, -0.1) is 0 Å². The van der Waals surface area contributed by atoms with E-state index in [4.69, 9.17) is 10.2 Å². The monoisotopic (exact) mass is 286 g/mol. The van der Waals surface area contributed by atoms with E-state index in [0.29, 0.717) is 13.0 Å². The maximum Gasteiger partial charge on any atom is 0.227 e. The van der Waals surface area contributed by atoms with Crippen molar-refractivity contribution in [2.45, 2.75) is 39.2 Å². The molecule has 4 heteroatoms. The summed E-state index contributed by atoms with van der Waals surface area (Å²) in [6, 6.07) is 4.36. The Labute approximate surface area is 124 Å². The van der Waals surface area contributed by atoms with E-state index in [9.17, 15) is 4.79 Å². The van der Waals surface area contributed by atoms with Gasteiger partial charge in [-0.2, -0.15) is 0 Å². The second-order valence-electron chi connectivity index (χ2n) is 5.99. The van der Waals surface area contributed by atoms with Gasteiger partial charge in [0.1, 0.15) is 5.58 Å². The normalized spacial score (nSPS) is 18.6. The lowest BCUT2D eigenvalue weighted by Gasteiger charge is -2.23. The number of hydrogen-bond acceptors (Lipinski definition) is 3. The summed E-state index contributed by atoms with van der Waals surface area (Å²) in [6.07, 6.45) is 4.19. The zero-order valence-corrected chi connectivity index (χ0v) is 12.7. The fourth-order valence-corrected chi connectivity index (χ4v) is 3.15. The number of furan rings is 1. The van der Waals surface area contributed by atoms with E-state index in [1.807, 2.05) is 11.0 Å². The van der Waals surface area contributed by atoms with Gasteiger partial charge in [-0.3, -0.25) is 4.79 Å². The lowest BCUT2D eigenvalue weighted by molar-refractivity contribution is -0.131. The summed E-state index contributed by atoms with van der Waals surface area (Å²) in [5.74, 6) is 0.156. The van der Waals surface area contributed by atoms with Crippen molar-refractivity contribution in [3.05, 3.63) is 35.1 Å². The molecule has 0 bridgehead atoms. The van der Waals surface area contributed by atoms with E-state index in [0.717, 1.165) is 35.9 Å². The van der Waals surface area contributed by atoms with Crippen molar-refractivity contribution in [2.75, 3.05) is 13.1 Å². The zero-order valence-electron chi connectivity index (χ0n) is 12.7. The molecule has 21 heavy (non-hydrogen) atoms. The van der Waals surface area contributed by atoms with E-state index in [1.165, 1.54) is 11.1 Å². The van der Waals surface area contributed by atoms with Crippen LogP contribution in [0, 0.1) is 13.8 Å². The molecule has 0 radical (unpaired) electrons. The van der Waals surface area contributed by atoms with Gasteiger partial charge in [-0.05, 0) is 49.9 Å². The van der Waals surface area contributed by atoms with E-state index >= 15 is 0 Å². The molecular formula is C17H22N2O2. The number of rotatable bonds is 3. The van der Waals surface area contributed by atoms with Gasteiger partial charge in [0, 0.05) is 30.1 Å². The minimum absolute atomic E-state index is 0.156. The highest BCUT2D eigenvalue weighted by atomic mass is 16.3. The molecule has 0 aliphatic carbocycles. The first kappa shape index (κ1) is 14.1. The third-order valence-corrected chi connectivity index (χ3v) is 4.58. The van der Waals surface area contributed by atoms with Gasteiger partial charge in [0.05, 0.1) is 12.7 Å². The number of fused-ring (bicyclic) bond motifs is 1. The number of carbonyl (C=O) groups excluding carboxylic acids is 1. The van der Waals surface area contributed by atoms with Crippen molar-refractivity contribution in [2.24, 2.45) is 5.73 Å². The number of aryl methyl sites for hydroxylation is 2. The van der Waals surface area contributed by atoms with Crippen LogP contribution in [0.1, 0.15) is 29.5 Å².